The molecule has 0 radical (unpaired) electrons. The first-order valence-electron chi connectivity index (χ1n) is 5.94. The van der Waals surface area contributed by atoms with Crippen LogP contribution in [0.15, 0.2) is 55.4 Å². The van der Waals surface area contributed by atoms with E-state index in [2.05, 4.69) is 65.6 Å². The second-order valence-corrected chi connectivity index (χ2v) is 4.41. The van der Waals surface area contributed by atoms with Gasteiger partial charge in [0, 0.05) is 23.5 Å². The number of aryl methyl sites for hydroxylation is 1. The van der Waals surface area contributed by atoms with Crippen LogP contribution in [0.2, 0.25) is 0 Å². The van der Waals surface area contributed by atoms with Gasteiger partial charge in [-0.1, -0.05) is 30.4 Å². The quantitative estimate of drug-likeness (QED) is 0.656. The van der Waals surface area contributed by atoms with Gasteiger partial charge in [0.25, 0.3) is 0 Å². The second-order valence-electron chi connectivity index (χ2n) is 4.41. The van der Waals surface area contributed by atoms with E-state index in [4.69, 9.17) is 0 Å². The molecule has 3 rings (SSSR count). The first-order valence-corrected chi connectivity index (χ1v) is 5.94. The van der Waals surface area contributed by atoms with Crippen molar-refractivity contribution in [2.75, 3.05) is 0 Å². The molecule has 0 saturated carbocycles. The summed E-state index contributed by atoms with van der Waals surface area (Å²) in [5, 5.41) is 1.13. The summed E-state index contributed by atoms with van der Waals surface area (Å²) in [5.41, 5.74) is 4.42. The minimum absolute atomic E-state index is 0.976. The highest BCUT2D eigenvalue weighted by molar-refractivity contribution is 5.80. The lowest BCUT2D eigenvalue weighted by molar-refractivity contribution is 1.09. The molecule has 0 unspecified atom stereocenters. The first-order chi connectivity index (χ1) is 8.78. The number of hydrogen-bond acceptors (Lipinski definition) is 1. The van der Waals surface area contributed by atoms with Crippen molar-refractivity contribution in [3.63, 3.8) is 0 Å². The Balaban J connectivity index is 2.18. The molecule has 2 heterocycles. The summed E-state index contributed by atoms with van der Waals surface area (Å²) in [6, 6.07) is 12.6. The van der Waals surface area contributed by atoms with Crippen LogP contribution in [0.5, 0.6) is 0 Å². The highest BCUT2D eigenvalue weighted by Crippen LogP contribution is 2.20. The Morgan fingerprint density at radius 3 is 2.67 bits per heavy atom. The van der Waals surface area contributed by atoms with Crippen LogP contribution in [-0.2, 0) is 0 Å². The molecule has 0 aliphatic heterocycles. The highest BCUT2D eigenvalue weighted by Gasteiger charge is 2.04. The molecule has 2 heteroatoms. The third kappa shape index (κ3) is 1.72. The molecule has 2 nitrogen and oxygen atoms in total. The Morgan fingerprint density at radius 1 is 1.17 bits per heavy atom. The van der Waals surface area contributed by atoms with Gasteiger partial charge in [-0.25, -0.2) is 4.98 Å². The van der Waals surface area contributed by atoms with Gasteiger partial charge < -0.3 is 4.57 Å². The van der Waals surface area contributed by atoms with E-state index < -0.39 is 0 Å². The Morgan fingerprint density at radius 2 is 1.94 bits per heavy atom. The Kier molecular flexibility index (Phi) is 2.49. The second kappa shape index (κ2) is 4.15. The highest BCUT2D eigenvalue weighted by atomic mass is 15.0. The number of aromatic nitrogens is 2. The molecule has 3 aromatic rings. The van der Waals surface area contributed by atoms with Crippen LogP contribution in [0.3, 0.4) is 0 Å². The third-order valence-electron chi connectivity index (χ3n) is 3.10. The van der Waals surface area contributed by atoms with Crippen molar-refractivity contribution in [2.24, 2.45) is 0 Å². The van der Waals surface area contributed by atoms with Gasteiger partial charge >= 0.3 is 0 Å². The van der Waals surface area contributed by atoms with Crippen LogP contribution in [0, 0.1) is 6.92 Å². The minimum atomic E-state index is 0.976. The van der Waals surface area contributed by atoms with E-state index in [1.807, 2.05) is 12.3 Å². The summed E-state index contributed by atoms with van der Waals surface area (Å²) in [6.07, 6.45) is 5.71. The molecule has 0 aliphatic carbocycles. The van der Waals surface area contributed by atoms with Gasteiger partial charge in [0.1, 0.15) is 5.65 Å². The molecule has 0 amide bonds. The van der Waals surface area contributed by atoms with Crippen molar-refractivity contribution in [2.45, 2.75) is 6.92 Å². The fourth-order valence-electron chi connectivity index (χ4n) is 2.07. The lowest BCUT2D eigenvalue weighted by atomic mass is 10.2. The fraction of sp³-hybridized carbons (Fsp3) is 0.0625. The number of nitrogens with zero attached hydrogens (tertiary/aromatic N) is 2. The number of benzene rings is 1. The van der Waals surface area contributed by atoms with Crippen LogP contribution in [0.4, 0.5) is 0 Å². The maximum Gasteiger partial charge on any atom is 0.144 e. The van der Waals surface area contributed by atoms with Crippen LogP contribution >= 0.6 is 0 Å². The van der Waals surface area contributed by atoms with E-state index in [1.54, 1.807) is 0 Å². The van der Waals surface area contributed by atoms with Crippen LogP contribution in [0.25, 0.3) is 22.8 Å². The van der Waals surface area contributed by atoms with Crippen molar-refractivity contribution >= 4 is 17.1 Å². The molecule has 2 aromatic heterocycles. The Bertz CT molecular complexity index is 706. The number of pyridine rings is 1. The molecule has 0 bridgehead atoms. The number of fused-ring (bicyclic) bond motifs is 1. The van der Waals surface area contributed by atoms with Gasteiger partial charge in [-0.05, 0) is 36.8 Å². The van der Waals surface area contributed by atoms with E-state index in [0.717, 1.165) is 22.3 Å². The predicted octanol–water partition coefficient (Wildman–Crippen LogP) is 3.98. The maximum atomic E-state index is 4.50. The summed E-state index contributed by atoms with van der Waals surface area (Å²) < 4.78 is 2.10. The largest absolute Gasteiger partial charge is 0.301 e. The average Bonchev–Trinajstić information content (AvgIpc) is 2.82. The molecule has 0 spiro atoms. The van der Waals surface area contributed by atoms with Gasteiger partial charge in [0.2, 0.25) is 0 Å². The summed E-state index contributed by atoms with van der Waals surface area (Å²) >= 11 is 0. The normalized spacial score (nSPS) is 10.7. The van der Waals surface area contributed by atoms with Crippen molar-refractivity contribution in [1.82, 2.24) is 9.55 Å². The summed E-state index contributed by atoms with van der Waals surface area (Å²) in [6.45, 7) is 5.86. The first kappa shape index (κ1) is 10.8. The van der Waals surface area contributed by atoms with E-state index >= 15 is 0 Å². The molecule has 88 valence electrons. The molecule has 0 atom stereocenters. The zero-order chi connectivity index (χ0) is 12.5. The molecule has 0 saturated heterocycles. The Hall–Kier alpha value is -2.35. The van der Waals surface area contributed by atoms with E-state index in [1.165, 1.54) is 5.56 Å². The number of hydrogen-bond donors (Lipinski definition) is 0. The monoisotopic (exact) mass is 234 g/mol. The molecule has 0 aliphatic rings. The number of rotatable bonds is 2. The molecular weight excluding hydrogens is 220 g/mol. The van der Waals surface area contributed by atoms with E-state index in [-0.39, 0.29) is 0 Å². The average molecular weight is 234 g/mol. The van der Waals surface area contributed by atoms with Crippen molar-refractivity contribution in [1.29, 1.82) is 0 Å². The molecule has 0 N–H and O–H groups in total. The molecule has 18 heavy (non-hydrogen) atoms. The predicted molar refractivity (Wildman–Crippen MR) is 75.9 cm³/mol. The minimum Gasteiger partial charge on any atom is -0.301 e. The SMILES string of the molecule is C=Cc1cnc2c(ccn2-c2ccc(C)cc2)c1. The van der Waals surface area contributed by atoms with Gasteiger partial charge in [0.15, 0.2) is 0 Å². The maximum absolute atomic E-state index is 4.50. The van der Waals surface area contributed by atoms with Crippen molar-refractivity contribution < 1.29 is 0 Å². The fourth-order valence-corrected chi connectivity index (χ4v) is 2.07. The lowest BCUT2D eigenvalue weighted by Gasteiger charge is -2.05. The van der Waals surface area contributed by atoms with Crippen LogP contribution in [-0.4, -0.2) is 9.55 Å². The van der Waals surface area contributed by atoms with E-state index in [0.29, 0.717) is 0 Å². The Labute approximate surface area is 106 Å². The summed E-state index contributed by atoms with van der Waals surface area (Å²) in [5.74, 6) is 0. The van der Waals surface area contributed by atoms with E-state index in [9.17, 15) is 0 Å². The summed E-state index contributed by atoms with van der Waals surface area (Å²) in [7, 11) is 0. The third-order valence-corrected chi connectivity index (χ3v) is 3.10. The molecular formula is C16H14N2. The van der Waals surface area contributed by atoms with Crippen molar-refractivity contribution in [3.8, 4) is 5.69 Å². The van der Waals surface area contributed by atoms with Crippen molar-refractivity contribution in [3.05, 3.63) is 66.5 Å². The van der Waals surface area contributed by atoms with Gasteiger partial charge in [0.05, 0.1) is 0 Å². The molecule has 1 aromatic carbocycles. The lowest BCUT2D eigenvalue weighted by Crippen LogP contribution is -1.93. The van der Waals surface area contributed by atoms with Gasteiger partial charge in [-0.15, -0.1) is 0 Å². The molecule has 0 fully saturated rings. The standard InChI is InChI=1S/C16H14N2/c1-3-13-10-14-8-9-18(16(14)17-11-13)15-6-4-12(2)5-7-15/h3-11H,1H2,2H3. The summed E-state index contributed by atoms with van der Waals surface area (Å²) in [4.78, 5) is 4.50. The zero-order valence-corrected chi connectivity index (χ0v) is 10.3. The zero-order valence-electron chi connectivity index (χ0n) is 10.3. The van der Waals surface area contributed by atoms with Crippen LogP contribution in [0.1, 0.15) is 11.1 Å². The van der Waals surface area contributed by atoms with Crippen LogP contribution < -0.4 is 0 Å². The van der Waals surface area contributed by atoms with Gasteiger partial charge in [-0.3, -0.25) is 0 Å². The smallest absolute Gasteiger partial charge is 0.144 e. The topological polar surface area (TPSA) is 17.8 Å². The van der Waals surface area contributed by atoms with Gasteiger partial charge in [-0.2, -0.15) is 0 Å².